The Bertz CT molecular complexity index is 1300. The number of phosphoric ester groups is 1. The Balaban J connectivity index is -0.0000000723. The minimum Gasteiger partial charge on any atom is -0.790 e. The van der Waals surface area contributed by atoms with Crippen molar-refractivity contribution in [3.8, 4) is 71.5 Å². The molecule has 0 aliphatic carbocycles. The summed E-state index contributed by atoms with van der Waals surface area (Å²) in [5.74, 6) is 23.5. The van der Waals surface area contributed by atoms with Crippen molar-refractivity contribution >= 4 is 37.5 Å². The van der Waals surface area contributed by atoms with Crippen LogP contribution in [-0.2, 0) is 32.9 Å². The van der Waals surface area contributed by atoms with Gasteiger partial charge in [0.1, 0.15) is 6.61 Å². The number of rotatable bonds is 18. The van der Waals surface area contributed by atoms with Gasteiger partial charge in [0.05, 0.1) is 14.4 Å². The van der Waals surface area contributed by atoms with E-state index in [1.165, 1.54) is 51.9 Å². The average molecular weight is 697 g/mol. The number of thiol groups is 1. The quantitative estimate of drug-likeness (QED) is 0.0393. The topological polar surface area (TPSA) is 142 Å². The van der Waals surface area contributed by atoms with Crippen molar-refractivity contribution in [2.45, 2.75) is 97.0 Å². The Kier molecular flexibility index (Phi) is 41.2. The van der Waals surface area contributed by atoms with Crippen LogP contribution in [0.1, 0.15) is 107 Å². The first kappa shape index (κ1) is 50.3. The standard InChI is InChI=1S/C30H35O8P.C2H4OS.2Na.11H2/c1-3-5-7-9-11-13-15-17-19-21-23-25-30(32)38-28(27-37-39(33,34)35)26-36-29(31)24-22-20-18-16-14-12-10-8-6-4-2;1-2(3)4;;;;;;;;;;;;;/h2,28H,3,5,7,9,11,13,15,17,19,21,23,25-27H2,1H3,(H2,33,34,35);1H3,(H,3,4);;;11*1H/q;;2*+1;;;;;;;;;;;/p-2/t28-;;;;;;;;;;;;;;/m1............../s1. The van der Waals surface area contributed by atoms with Crippen LogP contribution >= 0.6 is 20.5 Å². The predicted octanol–water partition coefficient (Wildman–Crippen LogP) is -0.185. The average Bonchev–Trinajstić information content (AvgIpc) is 2.93. The Morgan fingerprint density at radius 3 is 1.64 bits per heavy atom. The molecular formula is C32H59Na2O9PS. The number of hydrogen-bond donors (Lipinski definition) is 1. The van der Waals surface area contributed by atoms with Crippen LogP contribution in [0.2, 0.25) is 0 Å². The molecule has 254 valence electrons. The zero-order chi connectivity index (χ0) is 32.6. The molecular weight excluding hydrogens is 637 g/mol. The largest absolute Gasteiger partial charge is 1.00 e. The van der Waals surface area contributed by atoms with Crippen molar-refractivity contribution in [3.63, 3.8) is 0 Å². The normalized spacial score (nSPS) is 9.33. The minimum atomic E-state index is -5.31. The molecule has 9 nitrogen and oxygen atoms in total. The number of esters is 2. The van der Waals surface area contributed by atoms with Crippen molar-refractivity contribution < 1.29 is 118 Å². The molecule has 0 unspecified atom stereocenters. The van der Waals surface area contributed by atoms with Crippen molar-refractivity contribution in [2.24, 2.45) is 0 Å². The molecule has 0 fully saturated rings. The first-order valence-electron chi connectivity index (χ1n) is 13.7. The number of ether oxygens (including phenoxy) is 2. The van der Waals surface area contributed by atoms with Gasteiger partial charge in [0, 0.05) is 35.0 Å². The summed E-state index contributed by atoms with van der Waals surface area (Å²) < 4.78 is 24.9. The summed E-state index contributed by atoms with van der Waals surface area (Å²) in [6, 6.07) is 0. The van der Waals surface area contributed by atoms with Crippen LogP contribution in [0.5, 0.6) is 0 Å². The molecule has 0 aromatic heterocycles. The van der Waals surface area contributed by atoms with Gasteiger partial charge in [-0.25, -0.2) is 4.79 Å². The molecule has 0 aliphatic heterocycles. The Hall–Kier alpha value is -1.57. The van der Waals surface area contributed by atoms with Crippen molar-refractivity contribution in [3.05, 3.63) is 0 Å². The van der Waals surface area contributed by atoms with E-state index in [-0.39, 0.29) is 86.3 Å². The fourth-order valence-corrected chi connectivity index (χ4v) is 3.36. The summed E-state index contributed by atoms with van der Waals surface area (Å²) in [6.07, 6.45) is 16.1. The van der Waals surface area contributed by atoms with E-state index in [0.717, 1.165) is 19.3 Å². The van der Waals surface area contributed by atoms with Gasteiger partial charge < -0.3 is 28.3 Å². The molecule has 0 aliphatic rings. The second-order valence-corrected chi connectivity index (χ2v) is 10.4. The summed E-state index contributed by atoms with van der Waals surface area (Å²) in [7, 11) is -5.31. The molecule has 0 heterocycles. The van der Waals surface area contributed by atoms with Gasteiger partial charge in [-0.2, -0.15) is 0 Å². The van der Waals surface area contributed by atoms with Crippen LogP contribution in [0.15, 0.2) is 0 Å². The number of hydrogen-bond acceptors (Lipinski definition) is 9. The third-order valence-corrected chi connectivity index (χ3v) is 5.30. The number of terminal acetylenes is 1. The van der Waals surface area contributed by atoms with Gasteiger partial charge in [0.25, 0.3) is 0 Å². The third-order valence-electron chi connectivity index (χ3n) is 4.84. The monoisotopic (exact) mass is 696 g/mol. The fraction of sp³-hybridized carbons (Fsp3) is 0.531. The van der Waals surface area contributed by atoms with Gasteiger partial charge in [-0.15, -0.1) is 19.1 Å². The van der Waals surface area contributed by atoms with Gasteiger partial charge >= 0.3 is 71.1 Å². The van der Waals surface area contributed by atoms with Crippen LogP contribution in [0.25, 0.3) is 0 Å². The summed E-state index contributed by atoms with van der Waals surface area (Å²) >= 11 is 3.33. The zero-order valence-electron chi connectivity index (χ0n) is 26.6. The summed E-state index contributed by atoms with van der Waals surface area (Å²) in [5, 5.41) is -0.139. The number of unbranched alkanes of at least 4 members (excludes halogenated alkanes) is 10. The van der Waals surface area contributed by atoms with Crippen LogP contribution in [0, 0.1) is 71.5 Å². The van der Waals surface area contributed by atoms with Gasteiger partial charge in [-0.05, 0) is 65.6 Å². The maximum Gasteiger partial charge on any atom is 1.00 e. The maximum absolute atomic E-state index is 12.1. The second kappa shape index (κ2) is 36.9. The molecule has 45 heavy (non-hydrogen) atoms. The predicted molar refractivity (Wildman–Crippen MR) is 186 cm³/mol. The fourth-order valence-electron chi connectivity index (χ4n) is 3.01. The van der Waals surface area contributed by atoms with E-state index >= 15 is 0 Å². The van der Waals surface area contributed by atoms with Gasteiger partial charge in [-0.1, -0.05) is 71.1 Å². The Morgan fingerprint density at radius 2 is 1.20 bits per heavy atom. The second-order valence-electron chi connectivity index (χ2n) is 8.65. The SMILES string of the molecule is C#CC#CC#CC#CC#CC#CC(=O)OC[C@H](COP(=O)([O-])[O-])OC(=O)CCCCCCCCCCCCC.CC(=O)S.[HH].[HH].[HH].[HH].[HH].[HH].[HH].[HH].[HH].[HH].[HH].[Na+].[Na+]. The molecule has 0 bridgehead atoms. The molecule has 0 spiro atoms. The summed E-state index contributed by atoms with van der Waals surface area (Å²) in [5.41, 5.74) is 0. The number of phosphoric acid groups is 1. The van der Waals surface area contributed by atoms with E-state index < -0.39 is 39.1 Å². The summed E-state index contributed by atoms with van der Waals surface area (Å²) in [4.78, 5) is 54.8. The van der Waals surface area contributed by atoms with Crippen molar-refractivity contribution in [1.82, 2.24) is 0 Å². The Labute approximate surface area is 334 Å². The first-order valence-corrected chi connectivity index (χ1v) is 15.6. The molecule has 0 saturated carbocycles. The molecule has 0 radical (unpaired) electrons. The molecule has 1 atom stereocenters. The maximum atomic E-state index is 12.1. The van der Waals surface area contributed by atoms with Crippen LogP contribution in [-0.4, -0.2) is 36.4 Å². The smallest absolute Gasteiger partial charge is 0.790 e. The third kappa shape index (κ3) is 47.0. The van der Waals surface area contributed by atoms with E-state index in [0.29, 0.717) is 6.42 Å². The Morgan fingerprint density at radius 1 is 0.778 bits per heavy atom. The van der Waals surface area contributed by atoms with E-state index in [9.17, 15) is 28.7 Å². The molecule has 0 aromatic carbocycles. The number of carbonyl (C=O) groups is 3. The molecule has 0 rings (SSSR count). The van der Waals surface area contributed by atoms with E-state index in [4.69, 9.17) is 15.9 Å². The summed E-state index contributed by atoms with van der Waals surface area (Å²) in [6.45, 7) is 2.25. The van der Waals surface area contributed by atoms with Gasteiger partial charge in [-0.3, -0.25) is 9.59 Å². The van der Waals surface area contributed by atoms with E-state index in [2.05, 4.69) is 89.2 Å². The molecule has 0 N–H and O–H groups in total. The molecule has 0 saturated heterocycles. The van der Waals surface area contributed by atoms with Crippen LogP contribution < -0.4 is 68.9 Å². The van der Waals surface area contributed by atoms with Crippen molar-refractivity contribution in [1.29, 1.82) is 0 Å². The van der Waals surface area contributed by atoms with Crippen LogP contribution in [0.3, 0.4) is 0 Å². The van der Waals surface area contributed by atoms with Crippen molar-refractivity contribution in [2.75, 3.05) is 13.2 Å². The molecule has 13 heteroatoms. The molecule has 0 aromatic rings. The number of carbonyl (C=O) groups excluding carboxylic acids is 3. The van der Waals surface area contributed by atoms with Gasteiger partial charge in [0.2, 0.25) is 0 Å². The zero-order valence-corrected chi connectivity index (χ0v) is 32.4. The first-order chi connectivity index (χ1) is 20.5. The minimum absolute atomic E-state index is 0. The van der Waals surface area contributed by atoms with Gasteiger partial charge in [0.15, 0.2) is 11.2 Å². The molecule has 0 amide bonds. The van der Waals surface area contributed by atoms with E-state index in [1.54, 1.807) is 0 Å². The van der Waals surface area contributed by atoms with Crippen LogP contribution in [0.4, 0.5) is 0 Å². The van der Waals surface area contributed by atoms with E-state index in [1.807, 2.05) is 0 Å².